The maximum Gasteiger partial charge on any atom is 0.325 e. The Kier molecular flexibility index (Phi) is 3.78. The molecule has 1 fully saturated rings. The van der Waals surface area contributed by atoms with Crippen LogP contribution in [0.15, 0.2) is 29.3 Å². The number of hydrogen-bond donors (Lipinski definition) is 1. The average Bonchev–Trinajstić information content (AvgIpc) is 2.85. The Labute approximate surface area is 133 Å². The van der Waals surface area contributed by atoms with Crippen LogP contribution in [-0.4, -0.2) is 53.4 Å². The summed E-state index contributed by atoms with van der Waals surface area (Å²) in [7, 11) is 1.47. The Balaban J connectivity index is 1.99. The van der Waals surface area contributed by atoms with Gasteiger partial charge < -0.3 is 10.2 Å². The van der Waals surface area contributed by atoms with Crippen LogP contribution in [-0.2, 0) is 4.79 Å². The fourth-order valence-electron chi connectivity index (χ4n) is 2.77. The van der Waals surface area contributed by atoms with Crippen molar-refractivity contribution < 1.29 is 9.59 Å². The van der Waals surface area contributed by atoms with Gasteiger partial charge in [-0.05, 0) is 30.7 Å². The molecule has 0 aliphatic carbocycles. The number of aliphatic imine (C=N–C) groups is 1. The van der Waals surface area contributed by atoms with E-state index in [0.717, 1.165) is 22.7 Å². The minimum Gasteiger partial charge on any atom is -0.334 e. The van der Waals surface area contributed by atoms with E-state index >= 15 is 0 Å². The first-order chi connectivity index (χ1) is 10.5. The van der Waals surface area contributed by atoms with Gasteiger partial charge in [-0.25, -0.2) is 4.79 Å². The Morgan fingerprint density at radius 1 is 1.27 bits per heavy atom. The van der Waals surface area contributed by atoms with Gasteiger partial charge in [0.15, 0.2) is 6.04 Å². The van der Waals surface area contributed by atoms with Gasteiger partial charge in [0, 0.05) is 24.2 Å². The van der Waals surface area contributed by atoms with Crippen molar-refractivity contribution >= 4 is 29.4 Å². The standard InChI is InChI=1S/C15H17ClN4O2/c1-3-8-20-12(9-4-6-10(16)7-5-9)17-11-13(20)18-15(22)19(2)14(11)21/h4-7,11,13H,3,8H2,1-2H3,(H,18,22). The van der Waals surface area contributed by atoms with E-state index in [1.807, 2.05) is 24.0 Å². The third-order valence-electron chi connectivity index (χ3n) is 3.89. The molecule has 1 aromatic rings. The highest BCUT2D eigenvalue weighted by Gasteiger charge is 2.47. The van der Waals surface area contributed by atoms with Crippen molar-refractivity contribution in [2.24, 2.45) is 4.99 Å². The van der Waals surface area contributed by atoms with Crippen molar-refractivity contribution in [2.45, 2.75) is 25.6 Å². The van der Waals surface area contributed by atoms with Crippen molar-refractivity contribution in [3.8, 4) is 0 Å². The predicted molar refractivity (Wildman–Crippen MR) is 83.9 cm³/mol. The molecule has 2 atom stereocenters. The molecule has 0 aromatic heterocycles. The number of carbonyl (C=O) groups is 2. The molecule has 3 rings (SSSR count). The number of amidine groups is 1. The van der Waals surface area contributed by atoms with Crippen LogP contribution in [0.4, 0.5) is 4.79 Å². The first kappa shape index (κ1) is 14.8. The van der Waals surface area contributed by atoms with Crippen molar-refractivity contribution in [2.75, 3.05) is 13.6 Å². The van der Waals surface area contributed by atoms with E-state index in [1.54, 1.807) is 12.1 Å². The molecule has 1 N–H and O–H groups in total. The number of urea groups is 1. The molecule has 0 radical (unpaired) electrons. The molecule has 2 heterocycles. The molecule has 2 aliphatic rings. The van der Waals surface area contributed by atoms with Gasteiger partial charge >= 0.3 is 6.03 Å². The van der Waals surface area contributed by atoms with Gasteiger partial charge in [-0.15, -0.1) is 0 Å². The van der Waals surface area contributed by atoms with Crippen LogP contribution in [0.1, 0.15) is 18.9 Å². The van der Waals surface area contributed by atoms with Gasteiger partial charge in [-0.1, -0.05) is 18.5 Å². The number of rotatable bonds is 3. The third-order valence-corrected chi connectivity index (χ3v) is 4.15. The number of nitrogens with one attached hydrogen (secondary N) is 1. The number of hydrogen-bond acceptors (Lipinski definition) is 4. The van der Waals surface area contributed by atoms with Crippen molar-refractivity contribution in [1.82, 2.24) is 15.1 Å². The van der Waals surface area contributed by atoms with E-state index in [-0.39, 0.29) is 11.9 Å². The van der Waals surface area contributed by atoms with Crippen LogP contribution in [0.2, 0.25) is 5.02 Å². The highest BCUT2D eigenvalue weighted by atomic mass is 35.5. The molecule has 2 unspecified atom stereocenters. The zero-order valence-electron chi connectivity index (χ0n) is 12.4. The number of likely N-dealkylation sites (N-methyl/N-ethyl adjacent to an activating group) is 1. The lowest BCUT2D eigenvalue weighted by Crippen LogP contribution is -2.64. The zero-order chi connectivity index (χ0) is 15.9. The van der Waals surface area contributed by atoms with Gasteiger partial charge in [0.2, 0.25) is 0 Å². The molecule has 0 bridgehead atoms. The van der Waals surface area contributed by atoms with Crippen molar-refractivity contribution in [3.63, 3.8) is 0 Å². The molecule has 7 heteroatoms. The molecule has 22 heavy (non-hydrogen) atoms. The number of imide groups is 1. The summed E-state index contributed by atoms with van der Waals surface area (Å²) in [5.74, 6) is 0.441. The summed E-state index contributed by atoms with van der Waals surface area (Å²) in [6, 6.07) is 6.34. The molecular formula is C15H17ClN4O2. The summed E-state index contributed by atoms with van der Waals surface area (Å²) < 4.78 is 0. The van der Waals surface area contributed by atoms with E-state index in [1.165, 1.54) is 7.05 Å². The summed E-state index contributed by atoms with van der Waals surface area (Å²) in [4.78, 5) is 31.8. The molecule has 1 aromatic carbocycles. The van der Waals surface area contributed by atoms with Gasteiger partial charge in [-0.3, -0.25) is 14.7 Å². The van der Waals surface area contributed by atoms with Crippen LogP contribution >= 0.6 is 11.6 Å². The van der Waals surface area contributed by atoms with Crippen LogP contribution in [0, 0.1) is 0 Å². The Hall–Kier alpha value is -2.08. The first-order valence-electron chi connectivity index (χ1n) is 7.21. The minimum atomic E-state index is -0.597. The monoisotopic (exact) mass is 320 g/mol. The molecule has 1 saturated heterocycles. The van der Waals surface area contributed by atoms with Crippen molar-refractivity contribution in [1.29, 1.82) is 0 Å². The van der Waals surface area contributed by atoms with E-state index in [0.29, 0.717) is 11.6 Å². The summed E-state index contributed by atoms with van der Waals surface area (Å²) in [6.07, 6.45) is 0.470. The Morgan fingerprint density at radius 3 is 2.59 bits per heavy atom. The van der Waals surface area contributed by atoms with Crippen LogP contribution < -0.4 is 5.32 Å². The van der Waals surface area contributed by atoms with Crippen LogP contribution in [0.25, 0.3) is 0 Å². The lowest BCUT2D eigenvalue weighted by Gasteiger charge is -2.35. The largest absolute Gasteiger partial charge is 0.334 e. The number of fused-ring (bicyclic) bond motifs is 1. The molecule has 0 spiro atoms. The van der Waals surface area contributed by atoms with E-state index in [2.05, 4.69) is 10.3 Å². The Morgan fingerprint density at radius 2 is 1.95 bits per heavy atom. The number of benzene rings is 1. The topological polar surface area (TPSA) is 65.0 Å². The van der Waals surface area contributed by atoms with E-state index in [4.69, 9.17) is 11.6 Å². The summed E-state index contributed by atoms with van der Waals surface area (Å²) in [5, 5.41) is 3.50. The number of amides is 3. The average molecular weight is 321 g/mol. The molecule has 0 saturated carbocycles. The highest BCUT2D eigenvalue weighted by Crippen LogP contribution is 2.25. The lowest BCUT2D eigenvalue weighted by atomic mass is 10.1. The predicted octanol–water partition coefficient (Wildman–Crippen LogP) is 1.69. The van der Waals surface area contributed by atoms with Gasteiger partial charge in [-0.2, -0.15) is 0 Å². The number of halogens is 1. The quantitative estimate of drug-likeness (QED) is 0.921. The summed E-state index contributed by atoms with van der Waals surface area (Å²) in [6.45, 7) is 2.76. The summed E-state index contributed by atoms with van der Waals surface area (Å²) in [5.41, 5.74) is 0.886. The first-order valence-corrected chi connectivity index (χ1v) is 7.59. The van der Waals surface area contributed by atoms with Crippen molar-refractivity contribution in [3.05, 3.63) is 34.9 Å². The minimum absolute atomic E-state index is 0.279. The molecule has 2 aliphatic heterocycles. The molecule has 6 nitrogen and oxygen atoms in total. The van der Waals surface area contributed by atoms with Crippen LogP contribution in [0.5, 0.6) is 0 Å². The smallest absolute Gasteiger partial charge is 0.325 e. The summed E-state index contributed by atoms with van der Waals surface area (Å²) >= 11 is 5.93. The normalized spacial score (nSPS) is 24.2. The van der Waals surface area contributed by atoms with E-state index < -0.39 is 12.2 Å². The van der Waals surface area contributed by atoms with Crippen LogP contribution in [0.3, 0.4) is 0 Å². The second-order valence-electron chi connectivity index (χ2n) is 5.39. The van der Waals surface area contributed by atoms with Gasteiger partial charge in [0.1, 0.15) is 12.0 Å². The zero-order valence-corrected chi connectivity index (χ0v) is 13.2. The third kappa shape index (κ3) is 2.33. The van der Waals surface area contributed by atoms with E-state index in [9.17, 15) is 9.59 Å². The second-order valence-corrected chi connectivity index (χ2v) is 5.83. The SMILES string of the molecule is CCCN1C(c2ccc(Cl)cc2)=NC2C(=O)N(C)C(=O)NC21. The fourth-order valence-corrected chi connectivity index (χ4v) is 2.90. The second kappa shape index (κ2) is 5.61. The van der Waals surface area contributed by atoms with Gasteiger partial charge in [0.05, 0.1) is 0 Å². The maximum absolute atomic E-state index is 12.3. The molecule has 3 amide bonds. The number of nitrogens with zero attached hydrogens (tertiary/aromatic N) is 3. The molecular weight excluding hydrogens is 304 g/mol. The van der Waals surface area contributed by atoms with Gasteiger partial charge in [0.25, 0.3) is 5.91 Å². The fraction of sp³-hybridized carbons (Fsp3) is 0.400. The Bertz CT molecular complexity index is 643. The molecule has 116 valence electrons. The highest BCUT2D eigenvalue weighted by molar-refractivity contribution is 6.30. The number of carbonyl (C=O) groups excluding carboxylic acids is 2. The maximum atomic E-state index is 12.3. The lowest BCUT2D eigenvalue weighted by molar-refractivity contribution is -0.131.